The van der Waals surface area contributed by atoms with E-state index in [1.54, 1.807) is 17.0 Å². The molecule has 0 bridgehead atoms. The number of azo groups is 2. The number of benzene rings is 4. The van der Waals surface area contributed by atoms with E-state index in [0.29, 0.717) is 37.6 Å². The minimum Gasteiger partial charge on any atom is -0.395 e. The van der Waals surface area contributed by atoms with Gasteiger partial charge in [0.05, 0.1) is 50.0 Å². The quantitative estimate of drug-likeness (QED) is 0.0352. The lowest BCUT2D eigenvalue weighted by Gasteiger charge is -2.24. The average Bonchev–Trinajstić information content (AvgIpc) is 3.88. The van der Waals surface area contributed by atoms with Crippen LogP contribution in [0.5, 0.6) is 0 Å². The predicted molar refractivity (Wildman–Crippen MR) is 260 cm³/mol. The van der Waals surface area contributed by atoms with E-state index in [2.05, 4.69) is 64.7 Å². The zero-order valence-electron chi connectivity index (χ0n) is 35.5. The SMILES string of the molecule is CCN(CC)c1ccc(/N=N/c2nc3ccc(Cl)cc3s2)c(Nc2nc(Nc3cc(N(CC)CC)ccc3/N=N/c3nc4cc(S(=O)(=O)O)c(Cl)cc4s3)nc(N(CCO)CCO)n2)c1. The van der Waals surface area contributed by atoms with Crippen molar-refractivity contribution in [1.82, 2.24) is 24.9 Å². The lowest BCUT2D eigenvalue weighted by atomic mass is 10.2. The summed E-state index contributed by atoms with van der Waals surface area (Å²) in [7, 11) is -4.59. The van der Waals surface area contributed by atoms with Gasteiger partial charge in [-0.25, -0.2) is 9.97 Å². The molecule has 0 fully saturated rings. The normalized spacial score (nSPS) is 12.0. The van der Waals surface area contributed by atoms with Crippen molar-refractivity contribution in [3.05, 3.63) is 76.8 Å². The number of rotatable bonds is 20. The Morgan fingerprint density at radius 3 is 1.62 bits per heavy atom. The van der Waals surface area contributed by atoms with E-state index >= 15 is 0 Å². The third-order valence-electron chi connectivity index (χ3n) is 9.89. The Morgan fingerprint density at radius 1 is 0.615 bits per heavy atom. The number of aliphatic hydroxyl groups excluding tert-OH is 2. The van der Waals surface area contributed by atoms with Crippen molar-refractivity contribution in [3.8, 4) is 0 Å². The molecule has 0 aliphatic heterocycles. The third kappa shape index (κ3) is 11.4. The van der Waals surface area contributed by atoms with Crippen LogP contribution in [0.15, 0.2) is 92.1 Å². The number of hydrogen-bond acceptors (Lipinski definition) is 20. The van der Waals surface area contributed by atoms with Gasteiger partial charge < -0.3 is 35.5 Å². The van der Waals surface area contributed by atoms with Gasteiger partial charge in [-0.15, -0.1) is 20.5 Å². The number of anilines is 7. The second-order valence-electron chi connectivity index (χ2n) is 13.9. The third-order valence-corrected chi connectivity index (χ3v) is 13.2. The molecule has 0 saturated heterocycles. The maximum absolute atomic E-state index is 11.9. The molecule has 24 heteroatoms. The molecule has 65 heavy (non-hydrogen) atoms. The van der Waals surface area contributed by atoms with Gasteiger partial charge in [-0.2, -0.15) is 23.4 Å². The molecule has 0 aliphatic rings. The maximum atomic E-state index is 11.9. The Labute approximate surface area is 392 Å². The van der Waals surface area contributed by atoms with Crippen molar-refractivity contribution in [3.63, 3.8) is 0 Å². The molecule has 7 aromatic rings. The van der Waals surface area contributed by atoms with E-state index in [9.17, 15) is 23.2 Å². The summed E-state index contributed by atoms with van der Waals surface area (Å²) >= 11 is 14.9. The summed E-state index contributed by atoms with van der Waals surface area (Å²) < 4.78 is 34.8. The maximum Gasteiger partial charge on any atom is 0.296 e. The van der Waals surface area contributed by atoms with Crippen LogP contribution in [0.4, 0.5) is 62.2 Å². The summed E-state index contributed by atoms with van der Waals surface area (Å²) in [5, 5.41) is 45.7. The van der Waals surface area contributed by atoms with E-state index in [4.69, 9.17) is 38.2 Å². The van der Waals surface area contributed by atoms with Crippen LogP contribution in [-0.2, 0) is 10.1 Å². The smallest absolute Gasteiger partial charge is 0.296 e. The zero-order valence-corrected chi connectivity index (χ0v) is 39.5. The van der Waals surface area contributed by atoms with Crippen molar-refractivity contribution < 1.29 is 23.2 Å². The number of aromatic nitrogens is 5. The van der Waals surface area contributed by atoms with Crippen LogP contribution < -0.4 is 25.3 Å². The van der Waals surface area contributed by atoms with E-state index in [1.165, 1.54) is 23.5 Å². The van der Waals surface area contributed by atoms with Gasteiger partial charge in [-0.3, -0.25) is 4.55 Å². The van der Waals surface area contributed by atoms with Gasteiger partial charge >= 0.3 is 0 Å². The molecule has 4 aromatic carbocycles. The van der Waals surface area contributed by atoms with Crippen molar-refractivity contribution in [2.75, 3.05) is 77.8 Å². The first kappa shape index (κ1) is 47.2. The van der Waals surface area contributed by atoms with Crippen LogP contribution in [0, 0.1) is 0 Å². The second-order valence-corrected chi connectivity index (χ2v) is 18.2. The number of thiazole rings is 2. The van der Waals surface area contributed by atoms with E-state index in [-0.39, 0.29) is 59.8 Å². The Morgan fingerprint density at radius 2 is 1.12 bits per heavy atom. The molecule has 340 valence electrons. The number of hydrogen-bond donors (Lipinski definition) is 5. The van der Waals surface area contributed by atoms with Gasteiger partial charge in [0.2, 0.25) is 28.1 Å². The summed E-state index contributed by atoms with van der Waals surface area (Å²) in [5.41, 5.74) is 4.64. The summed E-state index contributed by atoms with van der Waals surface area (Å²) in [5.74, 6) is 0.363. The fourth-order valence-corrected chi connectivity index (χ4v) is 9.64. The van der Waals surface area contributed by atoms with Crippen molar-refractivity contribution in [1.29, 1.82) is 0 Å². The number of fused-ring (bicyclic) bond motifs is 2. The van der Waals surface area contributed by atoms with Crippen LogP contribution >= 0.6 is 45.9 Å². The summed E-state index contributed by atoms with van der Waals surface area (Å²) in [6.07, 6.45) is 0. The molecular formula is C41H44Cl2N14O5S3. The van der Waals surface area contributed by atoms with Gasteiger partial charge in [0.25, 0.3) is 10.1 Å². The highest BCUT2D eigenvalue weighted by Crippen LogP contribution is 2.39. The Hall–Kier alpha value is -5.72. The number of nitrogens with one attached hydrogen (secondary N) is 2. The molecule has 3 heterocycles. The number of halogens is 2. The lowest BCUT2D eigenvalue weighted by Crippen LogP contribution is -2.31. The topological polar surface area (TPSA) is 242 Å². The molecule has 5 N–H and O–H groups in total. The van der Waals surface area contributed by atoms with Gasteiger partial charge in [0, 0.05) is 55.7 Å². The molecule has 7 rings (SSSR count). The fraction of sp³-hybridized carbons (Fsp3) is 0.293. The highest BCUT2D eigenvalue weighted by molar-refractivity contribution is 7.86. The van der Waals surface area contributed by atoms with Crippen molar-refractivity contribution in [2.24, 2.45) is 20.5 Å². The van der Waals surface area contributed by atoms with Crippen LogP contribution in [0.1, 0.15) is 27.7 Å². The van der Waals surface area contributed by atoms with E-state index < -0.39 is 15.0 Å². The molecule has 19 nitrogen and oxygen atoms in total. The number of nitrogens with zero attached hydrogens (tertiary/aromatic N) is 12. The minimum absolute atomic E-state index is 0.0927. The Balaban J connectivity index is 1.30. The van der Waals surface area contributed by atoms with Crippen molar-refractivity contribution >= 4 is 139 Å². The van der Waals surface area contributed by atoms with Crippen LogP contribution in [0.2, 0.25) is 10.0 Å². The first-order valence-corrected chi connectivity index (χ1v) is 24.2. The average molecular weight is 980 g/mol. The lowest BCUT2D eigenvalue weighted by molar-refractivity contribution is 0.280. The van der Waals surface area contributed by atoms with E-state index in [0.717, 1.165) is 59.1 Å². The van der Waals surface area contributed by atoms with Gasteiger partial charge in [0.1, 0.15) is 16.3 Å². The largest absolute Gasteiger partial charge is 0.395 e. The first-order valence-electron chi connectivity index (χ1n) is 20.3. The highest BCUT2D eigenvalue weighted by Gasteiger charge is 2.20. The molecule has 0 spiro atoms. The highest BCUT2D eigenvalue weighted by atomic mass is 35.5. The standard InChI is InChI=1S/C41H44Cl2N14O5S3/c1-5-55(6-2)25-10-13-28(51-53-40-46-30-12-9-24(42)19-34(30)63-40)31(20-25)44-37-48-38(50-39(49-37)57(15-17-58)16-18-59)45-32-21-26(56(7-3)8-4)11-14-29(32)52-54-41-47-33-23-36(65(60,61)62)27(43)22-35(33)64-41/h9-14,19-23,58-59H,5-8,15-18H2,1-4H3,(H,60,61,62)(H2,44,45,48,49,50)/b53-51+,54-52+. The van der Waals surface area contributed by atoms with E-state index in [1.807, 2.05) is 56.3 Å². The summed E-state index contributed by atoms with van der Waals surface area (Å²) in [4.78, 5) is 28.8. The monoisotopic (exact) mass is 978 g/mol. The van der Waals surface area contributed by atoms with Gasteiger partial charge in [0.15, 0.2) is 0 Å². The summed E-state index contributed by atoms with van der Waals surface area (Å²) in [6.45, 7) is 10.9. The molecule has 3 aromatic heterocycles. The van der Waals surface area contributed by atoms with Crippen LogP contribution in [-0.4, -0.2) is 101 Å². The Bertz CT molecular complexity index is 2980. The molecule has 0 amide bonds. The second kappa shape index (κ2) is 21.1. The minimum atomic E-state index is -4.59. The fourth-order valence-electron chi connectivity index (χ4n) is 6.69. The molecule has 0 aliphatic carbocycles. The van der Waals surface area contributed by atoms with Crippen LogP contribution in [0.25, 0.3) is 20.4 Å². The van der Waals surface area contributed by atoms with Crippen molar-refractivity contribution in [2.45, 2.75) is 32.6 Å². The van der Waals surface area contributed by atoms with Gasteiger partial charge in [-0.1, -0.05) is 45.9 Å². The molecule has 0 radical (unpaired) electrons. The number of aliphatic hydroxyl groups is 2. The molecular weight excluding hydrogens is 936 g/mol. The van der Waals surface area contributed by atoms with Gasteiger partial charge in [-0.05, 0) is 94.4 Å². The first-order chi connectivity index (χ1) is 31.3. The predicted octanol–water partition coefficient (Wildman–Crippen LogP) is 10.4. The van der Waals surface area contributed by atoms with Crippen LogP contribution in [0.3, 0.4) is 0 Å². The molecule has 0 saturated carbocycles. The summed E-state index contributed by atoms with van der Waals surface area (Å²) in [6, 6.07) is 19.3. The molecule has 0 atom stereocenters. The molecule has 0 unspecified atom stereocenters. The zero-order chi connectivity index (χ0) is 46.3. The Kier molecular flexibility index (Phi) is 15.3.